The standard InChI is InChI=1S/C21H29FN6S.HI/c1-15(27-10-6-19-16(13-27)7-11-29-19)12-25-21(23-2)26-17-5-9-28(14-17)20-18(22)4-3-8-24-20;/h3-4,7-8,11,15,17H,5-6,9-10,12-14H2,1-2H3,(H2,23,25,26);1H. The number of aromatic nitrogens is 1. The predicted octanol–water partition coefficient (Wildman–Crippen LogP) is 3.09. The van der Waals surface area contributed by atoms with Gasteiger partial charge in [-0.3, -0.25) is 9.89 Å². The molecular formula is C21H30FIN6S. The number of nitrogens with one attached hydrogen (secondary N) is 2. The van der Waals surface area contributed by atoms with E-state index in [0.29, 0.717) is 11.9 Å². The molecule has 2 unspecified atom stereocenters. The molecule has 1 fully saturated rings. The van der Waals surface area contributed by atoms with Crippen LogP contribution in [0, 0.1) is 5.82 Å². The molecule has 4 rings (SSSR count). The molecule has 0 aromatic carbocycles. The summed E-state index contributed by atoms with van der Waals surface area (Å²) in [6, 6.07) is 5.98. The third kappa shape index (κ3) is 5.42. The summed E-state index contributed by atoms with van der Waals surface area (Å²) < 4.78 is 14.0. The third-order valence-electron chi connectivity index (χ3n) is 5.82. The van der Waals surface area contributed by atoms with Crippen LogP contribution in [0.2, 0.25) is 0 Å². The molecule has 2 aliphatic rings. The molecule has 1 saturated heterocycles. The second-order valence-electron chi connectivity index (χ2n) is 7.78. The fourth-order valence-corrected chi connectivity index (χ4v) is 4.98. The number of aliphatic imine (C=N–C) groups is 1. The van der Waals surface area contributed by atoms with E-state index < -0.39 is 0 Å². The summed E-state index contributed by atoms with van der Waals surface area (Å²) in [5.41, 5.74) is 1.48. The van der Waals surface area contributed by atoms with Crippen molar-refractivity contribution < 1.29 is 4.39 Å². The summed E-state index contributed by atoms with van der Waals surface area (Å²) in [4.78, 5) is 14.6. The van der Waals surface area contributed by atoms with Gasteiger partial charge in [0.15, 0.2) is 17.6 Å². The van der Waals surface area contributed by atoms with Crippen LogP contribution in [0.1, 0.15) is 23.8 Å². The number of halogens is 2. The molecule has 4 heterocycles. The number of anilines is 1. The highest BCUT2D eigenvalue weighted by Crippen LogP contribution is 2.25. The Bertz CT molecular complexity index is 860. The number of fused-ring (bicyclic) bond motifs is 1. The summed E-state index contributed by atoms with van der Waals surface area (Å²) in [6.45, 7) is 6.74. The van der Waals surface area contributed by atoms with Gasteiger partial charge >= 0.3 is 0 Å². The topological polar surface area (TPSA) is 55.8 Å². The number of pyridine rings is 1. The van der Waals surface area contributed by atoms with Gasteiger partial charge in [-0.2, -0.15) is 0 Å². The van der Waals surface area contributed by atoms with Gasteiger partial charge in [0.05, 0.1) is 0 Å². The first kappa shape index (κ1) is 23.2. The van der Waals surface area contributed by atoms with Gasteiger partial charge in [0, 0.05) is 62.9 Å². The van der Waals surface area contributed by atoms with Crippen molar-refractivity contribution in [3.05, 3.63) is 46.0 Å². The van der Waals surface area contributed by atoms with Crippen LogP contribution in [0.3, 0.4) is 0 Å². The zero-order chi connectivity index (χ0) is 20.2. The van der Waals surface area contributed by atoms with E-state index in [0.717, 1.165) is 51.5 Å². The number of hydrogen-bond donors (Lipinski definition) is 2. The Labute approximate surface area is 199 Å². The van der Waals surface area contributed by atoms with E-state index in [9.17, 15) is 4.39 Å². The van der Waals surface area contributed by atoms with Crippen molar-refractivity contribution in [2.75, 3.05) is 38.1 Å². The Morgan fingerprint density at radius 1 is 1.40 bits per heavy atom. The van der Waals surface area contributed by atoms with Crippen molar-refractivity contribution in [2.24, 2.45) is 4.99 Å². The molecule has 0 amide bonds. The van der Waals surface area contributed by atoms with Gasteiger partial charge < -0.3 is 15.5 Å². The van der Waals surface area contributed by atoms with Gasteiger partial charge in [0.1, 0.15) is 0 Å². The normalized spacial score (nSPS) is 20.4. The maximum absolute atomic E-state index is 14.0. The van der Waals surface area contributed by atoms with Crippen LogP contribution >= 0.6 is 35.3 Å². The first-order valence-corrected chi connectivity index (χ1v) is 11.1. The molecular weight excluding hydrogens is 514 g/mol. The fourth-order valence-electron chi connectivity index (χ4n) is 4.09. The second kappa shape index (κ2) is 10.7. The lowest BCUT2D eigenvalue weighted by Gasteiger charge is -2.33. The van der Waals surface area contributed by atoms with E-state index >= 15 is 0 Å². The smallest absolute Gasteiger partial charge is 0.191 e. The molecule has 0 aliphatic carbocycles. The quantitative estimate of drug-likeness (QED) is 0.345. The van der Waals surface area contributed by atoms with Gasteiger partial charge in [0.2, 0.25) is 0 Å². The Balaban J connectivity index is 0.00000256. The summed E-state index contributed by atoms with van der Waals surface area (Å²) in [6.07, 6.45) is 3.71. The van der Waals surface area contributed by atoms with Crippen LogP contribution in [0.4, 0.5) is 10.2 Å². The van der Waals surface area contributed by atoms with Gasteiger partial charge in [-0.1, -0.05) is 0 Å². The average Bonchev–Trinajstić information content (AvgIpc) is 3.40. The van der Waals surface area contributed by atoms with Gasteiger partial charge in [-0.15, -0.1) is 35.3 Å². The third-order valence-corrected chi connectivity index (χ3v) is 6.84. The lowest BCUT2D eigenvalue weighted by Crippen LogP contribution is -2.49. The second-order valence-corrected chi connectivity index (χ2v) is 8.78. The first-order chi connectivity index (χ1) is 14.1. The zero-order valence-electron chi connectivity index (χ0n) is 17.5. The minimum atomic E-state index is -0.264. The lowest BCUT2D eigenvalue weighted by atomic mass is 10.1. The van der Waals surface area contributed by atoms with E-state index in [-0.39, 0.29) is 35.8 Å². The van der Waals surface area contributed by atoms with Crippen LogP contribution in [0.25, 0.3) is 0 Å². The van der Waals surface area contributed by atoms with E-state index in [1.54, 1.807) is 19.3 Å². The highest BCUT2D eigenvalue weighted by Gasteiger charge is 2.26. The van der Waals surface area contributed by atoms with E-state index in [4.69, 9.17) is 0 Å². The lowest BCUT2D eigenvalue weighted by molar-refractivity contribution is 0.192. The highest BCUT2D eigenvalue weighted by atomic mass is 127. The number of hydrogen-bond acceptors (Lipinski definition) is 5. The fraction of sp³-hybridized carbons (Fsp3) is 0.524. The van der Waals surface area contributed by atoms with Crippen LogP contribution in [0.5, 0.6) is 0 Å². The summed E-state index contributed by atoms with van der Waals surface area (Å²) in [7, 11) is 1.80. The minimum Gasteiger partial charge on any atom is -0.355 e. The zero-order valence-corrected chi connectivity index (χ0v) is 20.6. The van der Waals surface area contributed by atoms with Gasteiger partial charge in [-0.25, -0.2) is 9.37 Å². The van der Waals surface area contributed by atoms with Crippen molar-refractivity contribution in [3.63, 3.8) is 0 Å². The molecule has 2 aromatic heterocycles. The molecule has 30 heavy (non-hydrogen) atoms. The molecule has 0 spiro atoms. The van der Waals surface area contributed by atoms with E-state index in [2.05, 4.69) is 43.9 Å². The Kier molecular flexibility index (Phi) is 8.29. The van der Waals surface area contributed by atoms with Gasteiger partial charge in [-0.05, 0) is 48.9 Å². The number of guanidine groups is 1. The Morgan fingerprint density at radius 3 is 3.07 bits per heavy atom. The molecule has 0 bridgehead atoms. The monoisotopic (exact) mass is 544 g/mol. The minimum absolute atomic E-state index is 0. The van der Waals surface area contributed by atoms with Crippen LogP contribution in [0.15, 0.2) is 34.8 Å². The highest BCUT2D eigenvalue weighted by molar-refractivity contribution is 14.0. The van der Waals surface area contributed by atoms with Crippen molar-refractivity contribution >= 4 is 47.1 Å². The van der Waals surface area contributed by atoms with Crippen molar-refractivity contribution in [1.82, 2.24) is 20.5 Å². The molecule has 164 valence electrons. The number of thiophene rings is 1. The molecule has 2 N–H and O–H groups in total. The van der Waals surface area contributed by atoms with Crippen molar-refractivity contribution in [3.8, 4) is 0 Å². The molecule has 6 nitrogen and oxygen atoms in total. The molecule has 2 aliphatic heterocycles. The molecule has 0 saturated carbocycles. The number of rotatable bonds is 5. The van der Waals surface area contributed by atoms with E-state index in [1.165, 1.54) is 16.5 Å². The average molecular weight is 544 g/mol. The Morgan fingerprint density at radius 2 is 2.27 bits per heavy atom. The summed E-state index contributed by atoms with van der Waals surface area (Å²) >= 11 is 1.87. The van der Waals surface area contributed by atoms with Crippen molar-refractivity contribution in [2.45, 2.75) is 38.4 Å². The van der Waals surface area contributed by atoms with Crippen LogP contribution in [-0.2, 0) is 13.0 Å². The molecule has 9 heteroatoms. The first-order valence-electron chi connectivity index (χ1n) is 10.3. The molecule has 0 radical (unpaired) electrons. The molecule has 2 aromatic rings. The molecule has 2 atom stereocenters. The maximum atomic E-state index is 14.0. The van der Waals surface area contributed by atoms with E-state index in [1.807, 2.05) is 16.2 Å². The van der Waals surface area contributed by atoms with Crippen molar-refractivity contribution in [1.29, 1.82) is 0 Å². The number of nitrogens with zero attached hydrogens (tertiary/aromatic N) is 4. The SMILES string of the molecule is CN=C(NCC(C)N1CCc2sccc2C1)NC1CCN(c2ncccc2F)C1.I. The van der Waals surface area contributed by atoms with Crippen LogP contribution in [-0.4, -0.2) is 61.2 Å². The largest absolute Gasteiger partial charge is 0.355 e. The predicted molar refractivity (Wildman–Crippen MR) is 133 cm³/mol. The maximum Gasteiger partial charge on any atom is 0.191 e. The Hall–Kier alpha value is -1.46. The van der Waals surface area contributed by atoms with Crippen LogP contribution < -0.4 is 15.5 Å². The summed E-state index contributed by atoms with van der Waals surface area (Å²) in [5.74, 6) is 0.976. The van der Waals surface area contributed by atoms with Gasteiger partial charge in [0.25, 0.3) is 0 Å². The summed E-state index contributed by atoms with van der Waals surface area (Å²) in [5, 5.41) is 9.15.